The number of piperazine rings is 1. The molecule has 0 aliphatic carbocycles. The van der Waals surface area contributed by atoms with Crippen LogP contribution in [0.2, 0.25) is 0 Å². The van der Waals surface area contributed by atoms with Gasteiger partial charge in [-0.3, -0.25) is 9.69 Å². The van der Waals surface area contributed by atoms with E-state index in [2.05, 4.69) is 11.8 Å². The van der Waals surface area contributed by atoms with Crippen molar-refractivity contribution in [2.45, 2.75) is 20.3 Å². The lowest BCUT2D eigenvalue weighted by Crippen LogP contribution is -2.48. The van der Waals surface area contributed by atoms with Gasteiger partial charge in [0.25, 0.3) is 5.91 Å². The second-order valence-corrected chi connectivity index (χ2v) is 5.22. The zero-order valence-corrected chi connectivity index (χ0v) is 11.9. The number of hydrogen-bond acceptors (Lipinski definition) is 3. The zero-order chi connectivity index (χ0) is 13.8. The third kappa shape index (κ3) is 3.26. The first-order valence-corrected chi connectivity index (χ1v) is 6.99. The van der Waals surface area contributed by atoms with E-state index in [1.54, 1.807) is 0 Å². The third-order valence-electron chi connectivity index (χ3n) is 3.64. The normalized spacial score (nSPS) is 16.6. The number of amides is 1. The summed E-state index contributed by atoms with van der Waals surface area (Å²) < 4.78 is 0. The number of aryl methyl sites for hydroxylation is 1. The Labute approximate surface area is 115 Å². The Balaban J connectivity index is 2.01. The number of carbonyl (C=O) groups is 1. The van der Waals surface area contributed by atoms with Gasteiger partial charge in [-0.25, -0.2) is 0 Å². The van der Waals surface area contributed by atoms with Crippen LogP contribution in [0.1, 0.15) is 29.3 Å². The average Bonchev–Trinajstić information content (AvgIpc) is 2.39. The molecule has 1 amide bonds. The lowest BCUT2D eigenvalue weighted by atomic mass is 10.1. The average molecular weight is 261 g/mol. The smallest absolute Gasteiger partial charge is 0.256 e. The molecule has 1 aromatic rings. The van der Waals surface area contributed by atoms with Gasteiger partial charge in [-0.1, -0.05) is 13.0 Å². The van der Waals surface area contributed by atoms with Gasteiger partial charge in [0.1, 0.15) is 0 Å². The Morgan fingerprint density at radius 1 is 1.26 bits per heavy atom. The molecule has 1 aliphatic heterocycles. The molecule has 0 bridgehead atoms. The molecule has 1 aromatic carbocycles. The predicted molar refractivity (Wildman–Crippen MR) is 78.2 cm³/mol. The largest absolute Gasteiger partial charge is 0.398 e. The lowest BCUT2D eigenvalue weighted by Gasteiger charge is -2.34. The van der Waals surface area contributed by atoms with E-state index in [1.807, 2.05) is 30.0 Å². The predicted octanol–water partition coefficient (Wildman–Crippen LogP) is 1.75. The number of carbonyl (C=O) groups excluding carboxylic acids is 1. The minimum absolute atomic E-state index is 0.0636. The Bertz CT molecular complexity index is 451. The molecule has 1 aliphatic rings. The Hall–Kier alpha value is -1.55. The van der Waals surface area contributed by atoms with Crippen molar-refractivity contribution in [2.75, 3.05) is 38.5 Å². The van der Waals surface area contributed by atoms with Crippen molar-refractivity contribution in [2.24, 2.45) is 0 Å². The SMILES string of the molecule is CCCN1CCN(C(=O)c2ccc(C)cc2N)CC1. The summed E-state index contributed by atoms with van der Waals surface area (Å²) in [7, 11) is 0. The summed E-state index contributed by atoms with van der Waals surface area (Å²) in [4.78, 5) is 16.7. The summed E-state index contributed by atoms with van der Waals surface area (Å²) in [6.45, 7) is 8.81. The number of anilines is 1. The fourth-order valence-corrected chi connectivity index (χ4v) is 2.54. The zero-order valence-electron chi connectivity index (χ0n) is 11.9. The van der Waals surface area contributed by atoms with Gasteiger partial charge >= 0.3 is 0 Å². The van der Waals surface area contributed by atoms with Crippen molar-refractivity contribution in [1.82, 2.24) is 9.80 Å². The molecular formula is C15H23N3O. The molecule has 0 saturated carbocycles. The fourth-order valence-electron chi connectivity index (χ4n) is 2.54. The first-order valence-electron chi connectivity index (χ1n) is 6.99. The standard InChI is InChI=1S/C15H23N3O/c1-3-6-17-7-9-18(10-8-17)15(19)13-5-4-12(2)11-14(13)16/h4-5,11H,3,6-10,16H2,1-2H3. The van der Waals surface area contributed by atoms with Crippen LogP contribution < -0.4 is 5.73 Å². The first-order chi connectivity index (χ1) is 9.11. The topological polar surface area (TPSA) is 49.6 Å². The summed E-state index contributed by atoms with van der Waals surface area (Å²) in [6.07, 6.45) is 1.17. The van der Waals surface area contributed by atoms with Crippen molar-refractivity contribution in [3.8, 4) is 0 Å². The first kappa shape index (κ1) is 13.9. The summed E-state index contributed by atoms with van der Waals surface area (Å²) in [5.74, 6) is 0.0636. The number of benzene rings is 1. The molecule has 2 rings (SSSR count). The van der Waals surface area contributed by atoms with Crippen LogP contribution in [0.3, 0.4) is 0 Å². The Morgan fingerprint density at radius 2 is 1.95 bits per heavy atom. The monoisotopic (exact) mass is 261 g/mol. The number of nitrogens with zero attached hydrogens (tertiary/aromatic N) is 2. The lowest BCUT2D eigenvalue weighted by molar-refractivity contribution is 0.0638. The Kier molecular flexibility index (Phi) is 4.43. The van der Waals surface area contributed by atoms with E-state index in [9.17, 15) is 4.79 Å². The van der Waals surface area contributed by atoms with Gasteiger partial charge in [-0.2, -0.15) is 0 Å². The highest BCUT2D eigenvalue weighted by Gasteiger charge is 2.22. The van der Waals surface area contributed by atoms with Gasteiger partial charge in [0.05, 0.1) is 5.56 Å². The molecule has 4 heteroatoms. The molecule has 0 atom stereocenters. The van der Waals surface area contributed by atoms with Crippen LogP contribution in [0.5, 0.6) is 0 Å². The number of rotatable bonds is 3. The molecular weight excluding hydrogens is 238 g/mol. The van der Waals surface area contributed by atoms with Gasteiger partial charge < -0.3 is 10.6 Å². The van der Waals surface area contributed by atoms with Gasteiger partial charge in [-0.05, 0) is 37.6 Å². The van der Waals surface area contributed by atoms with Crippen molar-refractivity contribution in [1.29, 1.82) is 0 Å². The maximum Gasteiger partial charge on any atom is 0.256 e. The number of nitrogen functional groups attached to an aromatic ring is 1. The maximum absolute atomic E-state index is 12.4. The second-order valence-electron chi connectivity index (χ2n) is 5.22. The van der Waals surface area contributed by atoms with E-state index < -0.39 is 0 Å². The van der Waals surface area contributed by atoms with E-state index in [0.717, 1.165) is 38.3 Å². The van der Waals surface area contributed by atoms with Gasteiger partial charge in [-0.15, -0.1) is 0 Å². The summed E-state index contributed by atoms with van der Waals surface area (Å²) in [6, 6.07) is 5.64. The van der Waals surface area contributed by atoms with E-state index in [-0.39, 0.29) is 5.91 Å². The molecule has 0 aromatic heterocycles. The van der Waals surface area contributed by atoms with Crippen LogP contribution in [-0.4, -0.2) is 48.4 Å². The maximum atomic E-state index is 12.4. The van der Waals surface area contributed by atoms with Crippen molar-refractivity contribution >= 4 is 11.6 Å². The molecule has 1 fully saturated rings. The van der Waals surface area contributed by atoms with Crippen molar-refractivity contribution < 1.29 is 4.79 Å². The quantitative estimate of drug-likeness (QED) is 0.843. The van der Waals surface area contributed by atoms with E-state index >= 15 is 0 Å². The minimum atomic E-state index is 0.0636. The highest BCUT2D eigenvalue weighted by atomic mass is 16.2. The van der Waals surface area contributed by atoms with E-state index in [0.29, 0.717) is 11.3 Å². The summed E-state index contributed by atoms with van der Waals surface area (Å²) in [5, 5.41) is 0. The van der Waals surface area contributed by atoms with Gasteiger partial charge in [0, 0.05) is 31.9 Å². The van der Waals surface area contributed by atoms with Crippen LogP contribution in [0.4, 0.5) is 5.69 Å². The van der Waals surface area contributed by atoms with Crippen LogP contribution >= 0.6 is 0 Å². The molecule has 0 radical (unpaired) electrons. The molecule has 19 heavy (non-hydrogen) atoms. The number of hydrogen-bond donors (Lipinski definition) is 1. The third-order valence-corrected chi connectivity index (χ3v) is 3.64. The molecule has 1 saturated heterocycles. The molecule has 0 unspecified atom stereocenters. The van der Waals surface area contributed by atoms with E-state index in [1.165, 1.54) is 6.42 Å². The van der Waals surface area contributed by atoms with Crippen molar-refractivity contribution in [3.05, 3.63) is 29.3 Å². The molecule has 1 heterocycles. The van der Waals surface area contributed by atoms with Gasteiger partial charge in [0.2, 0.25) is 0 Å². The highest BCUT2D eigenvalue weighted by Crippen LogP contribution is 2.17. The summed E-state index contributed by atoms with van der Waals surface area (Å²) >= 11 is 0. The highest BCUT2D eigenvalue weighted by molar-refractivity contribution is 5.99. The number of nitrogens with two attached hydrogens (primary N) is 1. The van der Waals surface area contributed by atoms with Crippen molar-refractivity contribution in [3.63, 3.8) is 0 Å². The second kappa shape index (κ2) is 6.06. The Morgan fingerprint density at radius 3 is 2.53 bits per heavy atom. The fraction of sp³-hybridized carbons (Fsp3) is 0.533. The summed E-state index contributed by atoms with van der Waals surface area (Å²) in [5.41, 5.74) is 8.25. The molecule has 2 N–H and O–H groups in total. The van der Waals surface area contributed by atoms with Crippen LogP contribution in [0.15, 0.2) is 18.2 Å². The minimum Gasteiger partial charge on any atom is -0.398 e. The van der Waals surface area contributed by atoms with Crippen LogP contribution in [0, 0.1) is 6.92 Å². The van der Waals surface area contributed by atoms with Gasteiger partial charge in [0.15, 0.2) is 0 Å². The van der Waals surface area contributed by atoms with E-state index in [4.69, 9.17) is 5.73 Å². The molecule has 104 valence electrons. The van der Waals surface area contributed by atoms with Crippen LogP contribution in [0.25, 0.3) is 0 Å². The molecule has 0 spiro atoms. The molecule has 4 nitrogen and oxygen atoms in total. The van der Waals surface area contributed by atoms with Crippen LogP contribution in [-0.2, 0) is 0 Å².